The quantitative estimate of drug-likeness (QED) is 0.854. The molecule has 2 amide bonds. The van der Waals surface area contributed by atoms with Crippen LogP contribution in [0.5, 0.6) is 0 Å². The molecule has 1 atom stereocenters. The SMILES string of the molecule is CCCC(N)C(=O)N1CCN(C(=O)c2c(Cl)cccc2Cl)CC1.Cl. The Morgan fingerprint density at radius 1 is 1.12 bits per heavy atom. The van der Waals surface area contributed by atoms with Crippen LogP contribution in [0.4, 0.5) is 0 Å². The summed E-state index contributed by atoms with van der Waals surface area (Å²) in [6.07, 6.45) is 1.55. The van der Waals surface area contributed by atoms with E-state index < -0.39 is 6.04 Å². The lowest BCUT2D eigenvalue weighted by Crippen LogP contribution is -2.54. The van der Waals surface area contributed by atoms with Gasteiger partial charge in [-0.05, 0) is 18.6 Å². The summed E-state index contributed by atoms with van der Waals surface area (Å²) >= 11 is 12.2. The van der Waals surface area contributed by atoms with Crippen molar-refractivity contribution in [3.8, 4) is 0 Å². The third-order valence-corrected chi connectivity index (χ3v) is 4.60. The molecule has 2 rings (SSSR count). The first-order valence-corrected chi connectivity index (χ1v) is 8.49. The Morgan fingerprint density at radius 2 is 1.62 bits per heavy atom. The lowest BCUT2D eigenvalue weighted by Gasteiger charge is -2.36. The van der Waals surface area contributed by atoms with E-state index in [0.29, 0.717) is 48.2 Å². The number of hydrogen-bond acceptors (Lipinski definition) is 3. The molecule has 1 saturated heterocycles. The molecule has 1 aromatic carbocycles. The first-order chi connectivity index (χ1) is 11.0. The van der Waals surface area contributed by atoms with Crippen LogP contribution in [0, 0.1) is 0 Å². The molecular formula is C16H22Cl3N3O2. The Labute approximate surface area is 158 Å². The maximum absolute atomic E-state index is 12.6. The highest BCUT2D eigenvalue weighted by molar-refractivity contribution is 6.39. The molecule has 2 N–H and O–H groups in total. The van der Waals surface area contributed by atoms with Crippen LogP contribution in [0.25, 0.3) is 0 Å². The van der Waals surface area contributed by atoms with Crippen LogP contribution in [0.15, 0.2) is 18.2 Å². The minimum absolute atomic E-state index is 0. The molecule has 1 heterocycles. The van der Waals surface area contributed by atoms with Crippen molar-refractivity contribution < 1.29 is 9.59 Å². The van der Waals surface area contributed by atoms with Gasteiger partial charge in [0.25, 0.3) is 5.91 Å². The Balaban J connectivity index is 0.00000288. The summed E-state index contributed by atoms with van der Waals surface area (Å²) in [6, 6.07) is 4.53. The normalized spacial score (nSPS) is 15.7. The highest BCUT2D eigenvalue weighted by atomic mass is 35.5. The summed E-state index contributed by atoms with van der Waals surface area (Å²) in [5, 5.41) is 0.678. The van der Waals surface area contributed by atoms with Gasteiger partial charge in [-0.3, -0.25) is 9.59 Å². The van der Waals surface area contributed by atoms with Crippen LogP contribution in [0.2, 0.25) is 10.0 Å². The van der Waals surface area contributed by atoms with Gasteiger partial charge < -0.3 is 15.5 Å². The zero-order chi connectivity index (χ0) is 17.0. The van der Waals surface area contributed by atoms with Crippen molar-refractivity contribution in [3.63, 3.8) is 0 Å². The second-order valence-corrected chi connectivity index (χ2v) is 6.42. The molecule has 0 bridgehead atoms. The van der Waals surface area contributed by atoms with Crippen LogP contribution >= 0.6 is 35.6 Å². The third kappa shape index (κ3) is 4.76. The average Bonchev–Trinajstić information content (AvgIpc) is 2.54. The number of carbonyl (C=O) groups is 2. The minimum Gasteiger partial charge on any atom is -0.338 e. The molecule has 1 aromatic rings. The standard InChI is InChI=1S/C16H21Cl2N3O2.ClH/c1-2-4-13(19)15(22)20-7-9-21(10-8-20)16(23)14-11(17)5-3-6-12(14)18;/h3,5-6,13H,2,4,7-10,19H2,1H3;1H. The summed E-state index contributed by atoms with van der Waals surface area (Å²) in [6.45, 7) is 3.85. The largest absolute Gasteiger partial charge is 0.338 e. The zero-order valence-corrected chi connectivity index (χ0v) is 15.8. The molecule has 1 aliphatic rings. The molecule has 0 radical (unpaired) electrons. The van der Waals surface area contributed by atoms with Crippen LogP contribution < -0.4 is 5.73 Å². The third-order valence-electron chi connectivity index (χ3n) is 3.97. The lowest BCUT2D eigenvalue weighted by atomic mass is 10.1. The van der Waals surface area contributed by atoms with Crippen molar-refractivity contribution in [2.45, 2.75) is 25.8 Å². The highest BCUT2D eigenvalue weighted by Crippen LogP contribution is 2.26. The van der Waals surface area contributed by atoms with E-state index in [-0.39, 0.29) is 24.2 Å². The number of benzene rings is 1. The molecule has 0 spiro atoms. The summed E-state index contributed by atoms with van der Waals surface area (Å²) in [5.41, 5.74) is 6.20. The number of carbonyl (C=O) groups excluding carboxylic acids is 2. The summed E-state index contributed by atoms with van der Waals surface area (Å²) in [7, 11) is 0. The summed E-state index contributed by atoms with van der Waals surface area (Å²) < 4.78 is 0. The predicted octanol–water partition coefficient (Wildman–Crippen LogP) is 2.83. The van der Waals surface area contributed by atoms with Gasteiger partial charge >= 0.3 is 0 Å². The first-order valence-electron chi connectivity index (χ1n) is 7.73. The molecule has 1 fully saturated rings. The molecule has 1 unspecified atom stereocenters. The van der Waals surface area contributed by atoms with Crippen LogP contribution in [-0.4, -0.2) is 53.8 Å². The van der Waals surface area contributed by atoms with E-state index in [0.717, 1.165) is 6.42 Å². The molecule has 1 aliphatic heterocycles. The average molecular weight is 395 g/mol. The molecular weight excluding hydrogens is 373 g/mol. The van der Waals surface area contributed by atoms with Gasteiger partial charge in [0.15, 0.2) is 0 Å². The van der Waals surface area contributed by atoms with Gasteiger partial charge in [0.2, 0.25) is 5.91 Å². The van der Waals surface area contributed by atoms with Crippen molar-refractivity contribution in [3.05, 3.63) is 33.8 Å². The second kappa shape index (κ2) is 9.47. The molecule has 0 saturated carbocycles. The van der Waals surface area contributed by atoms with E-state index >= 15 is 0 Å². The van der Waals surface area contributed by atoms with Crippen LogP contribution in [-0.2, 0) is 4.79 Å². The van der Waals surface area contributed by atoms with E-state index in [1.807, 2.05) is 6.92 Å². The number of amides is 2. The predicted molar refractivity (Wildman–Crippen MR) is 99.1 cm³/mol. The van der Waals surface area contributed by atoms with Gasteiger partial charge in [-0.15, -0.1) is 12.4 Å². The van der Waals surface area contributed by atoms with Crippen LogP contribution in [0.3, 0.4) is 0 Å². The molecule has 5 nitrogen and oxygen atoms in total. The molecule has 0 aliphatic carbocycles. The Kier molecular flexibility index (Phi) is 8.30. The van der Waals surface area contributed by atoms with E-state index in [9.17, 15) is 9.59 Å². The fourth-order valence-corrected chi connectivity index (χ4v) is 3.22. The topological polar surface area (TPSA) is 66.6 Å². The number of nitrogens with two attached hydrogens (primary N) is 1. The van der Waals surface area contributed by atoms with Gasteiger partial charge in [-0.1, -0.05) is 42.6 Å². The number of rotatable bonds is 4. The highest BCUT2D eigenvalue weighted by Gasteiger charge is 2.28. The summed E-state index contributed by atoms with van der Waals surface area (Å²) in [5.74, 6) is -0.250. The smallest absolute Gasteiger partial charge is 0.257 e. The molecule has 0 aromatic heterocycles. The maximum Gasteiger partial charge on any atom is 0.257 e. The van der Waals surface area contributed by atoms with E-state index in [1.54, 1.807) is 28.0 Å². The fraction of sp³-hybridized carbons (Fsp3) is 0.500. The monoisotopic (exact) mass is 393 g/mol. The van der Waals surface area contributed by atoms with E-state index in [2.05, 4.69) is 0 Å². The van der Waals surface area contributed by atoms with Crippen molar-refractivity contribution in [1.29, 1.82) is 0 Å². The Morgan fingerprint density at radius 3 is 2.12 bits per heavy atom. The van der Waals surface area contributed by atoms with Gasteiger partial charge in [0.1, 0.15) is 0 Å². The molecule has 8 heteroatoms. The zero-order valence-electron chi connectivity index (χ0n) is 13.5. The number of nitrogens with zero attached hydrogens (tertiary/aromatic N) is 2. The second-order valence-electron chi connectivity index (χ2n) is 5.61. The van der Waals surface area contributed by atoms with Gasteiger partial charge in [-0.25, -0.2) is 0 Å². The van der Waals surface area contributed by atoms with Crippen molar-refractivity contribution >= 4 is 47.4 Å². The lowest BCUT2D eigenvalue weighted by molar-refractivity contribution is -0.134. The van der Waals surface area contributed by atoms with Gasteiger partial charge in [-0.2, -0.15) is 0 Å². The Bertz CT molecular complexity index is 570. The van der Waals surface area contributed by atoms with Crippen molar-refractivity contribution in [2.24, 2.45) is 5.73 Å². The fourth-order valence-electron chi connectivity index (χ4n) is 2.66. The van der Waals surface area contributed by atoms with E-state index in [1.165, 1.54) is 0 Å². The number of piperazine rings is 1. The molecule has 24 heavy (non-hydrogen) atoms. The Hall–Kier alpha value is -1.01. The first kappa shape index (κ1) is 21.0. The minimum atomic E-state index is -0.458. The van der Waals surface area contributed by atoms with Crippen molar-refractivity contribution in [1.82, 2.24) is 9.80 Å². The summed E-state index contributed by atoms with van der Waals surface area (Å²) in [4.78, 5) is 28.2. The molecule has 134 valence electrons. The van der Waals surface area contributed by atoms with Gasteiger partial charge in [0.05, 0.1) is 21.7 Å². The van der Waals surface area contributed by atoms with Gasteiger partial charge in [0, 0.05) is 26.2 Å². The van der Waals surface area contributed by atoms with Crippen LogP contribution in [0.1, 0.15) is 30.1 Å². The maximum atomic E-state index is 12.6. The van der Waals surface area contributed by atoms with E-state index in [4.69, 9.17) is 28.9 Å². The number of hydrogen-bond donors (Lipinski definition) is 1. The van der Waals surface area contributed by atoms with Crippen molar-refractivity contribution in [2.75, 3.05) is 26.2 Å². The number of halogens is 3.